The van der Waals surface area contributed by atoms with Gasteiger partial charge in [0.25, 0.3) is 0 Å². The van der Waals surface area contributed by atoms with Crippen LogP contribution in [0.25, 0.3) is 0 Å². The van der Waals surface area contributed by atoms with Gasteiger partial charge in [-0.2, -0.15) is 0 Å². The molecule has 3 saturated heterocycles. The molecule has 10 rings (SSSR count). The third kappa shape index (κ3) is 12.2. The highest BCUT2D eigenvalue weighted by Crippen LogP contribution is 2.64. The Morgan fingerprint density at radius 2 is 1.52 bits per heavy atom. The lowest BCUT2D eigenvalue weighted by atomic mass is 9.64. The molecule has 5 nitrogen and oxygen atoms in total. The van der Waals surface area contributed by atoms with Crippen molar-refractivity contribution in [3.63, 3.8) is 0 Å². The van der Waals surface area contributed by atoms with Crippen LogP contribution in [0.1, 0.15) is 158 Å². The van der Waals surface area contributed by atoms with Gasteiger partial charge in [-0.15, -0.1) is 0 Å². The Morgan fingerprint density at radius 3 is 2.12 bits per heavy atom. The highest BCUT2D eigenvalue weighted by atomic mass is 16.8. The van der Waals surface area contributed by atoms with Crippen LogP contribution in [0.3, 0.4) is 0 Å². The van der Waals surface area contributed by atoms with Gasteiger partial charge in [0.1, 0.15) is 12.7 Å². The Kier molecular flexibility index (Phi) is 15.5. The normalized spacial score (nSPS) is 43.3. The summed E-state index contributed by atoms with van der Waals surface area (Å²) in [6, 6.07) is 0. The summed E-state index contributed by atoms with van der Waals surface area (Å²) in [5.41, 5.74) is 0.309. The minimum atomic E-state index is 0.154. The van der Waals surface area contributed by atoms with E-state index in [1.165, 1.54) is 86.9 Å². The standard InChI is InChI=1S/C11H20O.C11H18.C9H16.2C6H12O2/c1-4-8(2)9-5-6-11(3)10(7-9)12-11;1-2-7-5-8-3-4-9(7)11-6-10(8)11;1-2-7-3-4-8-6-9(8)5-7;1-2-3-7-4-6-5-8-6;1-2-3-4-7-6-5-8-6/h8-10H,4-7H2,1-3H3;7-11H,2-6H2,1H3;7-9H,2-6H2,1H3;2*6H,2-5H2,1H3. The number of rotatable bonds is 12. The SMILES string of the molecule is CCC(C)C1CCC2(C)OC2C1.CCC1CC2CCC1C1CC21.CCC1CCC2CC2C1.CCCCOC1CO1.CCCOCC1CO1. The summed E-state index contributed by atoms with van der Waals surface area (Å²) in [4.78, 5) is 0. The molecule has 280 valence electrons. The van der Waals surface area contributed by atoms with Gasteiger partial charge in [0.15, 0.2) is 6.29 Å². The summed E-state index contributed by atoms with van der Waals surface area (Å²) in [5, 5.41) is 0. The second-order valence-corrected chi connectivity index (χ2v) is 17.7. The average Bonchev–Trinajstić information content (AvgIpc) is 3.92. The smallest absolute Gasteiger partial charge is 0.181 e. The van der Waals surface area contributed by atoms with Crippen LogP contribution >= 0.6 is 0 Å². The molecule has 0 N–H and O–H groups in total. The van der Waals surface area contributed by atoms with E-state index in [4.69, 9.17) is 23.7 Å². The molecule has 2 bridgehead atoms. The molecule has 48 heavy (non-hydrogen) atoms. The molecule has 0 aromatic rings. The van der Waals surface area contributed by atoms with Crippen LogP contribution in [0.15, 0.2) is 0 Å². The molecule has 0 amide bonds. The van der Waals surface area contributed by atoms with Crippen molar-refractivity contribution >= 4 is 0 Å². The summed E-state index contributed by atoms with van der Waals surface area (Å²) in [7, 11) is 0. The Morgan fingerprint density at radius 1 is 0.729 bits per heavy atom. The van der Waals surface area contributed by atoms with Gasteiger partial charge in [0.05, 0.1) is 24.9 Å². The first-order valence-corrected chi connectivity index (χ1v) is 21.4. The maximum atomic E-state index is 5.69. The van der Waals surface area contributed by atoms with Crippen molar-refractivity contribution in [3.8, 4) is 0 Å². The van der Waals surface area contributed by atoms with Crippen molar-refractivity contribution in [1.29, 1.82) is 0 Å². The monoisotopic (exact) mass is 675 g/mol. The van der Waals surface area contributed by atoms with Gasteiger partial charge in [-0.25, -0.2) is 0 Å². The van der Waals surface area contributed by atoms with Crippen molar-refractivity contribution in [2.45, 2.75) is 182 Å². The van der Waals surface area contributed by atoms with Gasteiger partial charge < -0.3 is 23.7 Å². The van der Waals surface area contributed by atoms with Crippen molar-refractivity contribution < 1.29 is 23.7 Å². The van der Waals surface area contributed by atoms with Crippen molar-refractivity contribution in [1.82, 2.24) is 0 Å². The Labute approximate surface area is 297 Å². The first-order valence-electron chi connectivity index (χ1n) is 21.4. The Balaban J connectivity index is 0.000000119. The minimum Gasteiger partial charge on any atom is -0.379 e. The molecule has 7 saturated carbocycles. The summed E-state index contributed by atoms with van der Waals surface area (Å²) in [5.74, 6) is 11.2. The van der Waals surface area contributed by atoms with E-state index in [2.05, 4.69) is 48.5 Å². The van der Waals surface area contributed by atoms with Crippen molar-refractivity contribution in [3.05, 3.63) is 0 Å². The summed E-state index contributed by atoms with van der Waals surface area (Å²) >= 11 is 0. The first kappa shape index (κ1) is 39.0. The van der Waals surface area contributed by atoms with E-state index < -0.39 is 0 Å². The highest BCUT2D eigenvalue weighted by Gasteiger charge is 2.56. The van der Waals surface area contributed by atoms with E-state index in [-0.39, 0.29) is 6.29 Å². The van der Waals surface area contributed by atoms with Crippen molar-refractivity contribution in [2.75, 3.05) is 33.0 Å². The fraction of sp³-hybridized carbons (Fsp3) is 1.00. The van der Waals surface area contributed by atoms with Crippen LogP contribution < -0.4 is 0 Å². The summed E-state index contributed by atoms with van der Waals surface area (Å²) in [6.45, 7) is 20.2. The molecule has 14 unspecified atom stereocenters. The third-order valence-corrected chi connectivity index (χ3v) is 14.1. The topological polar surface area (TPSA) is 56.0 Å². The maximum absolute atomic E-state index is 5.69. The lowest BCUT2D eigenvalue weighted by Gasteiger charge is -2.41. The first-order chi connectivity index (χ1) is 23.3. The van der Waals surface area contributed by atoms with E-state index in [1.54, 1.807) is 44.9 Å². The molecule has 7 aliphatic carbocycles. The predicted octanol–water partition coefficient (Wildman–Crippen LogP) is 10.9. The minimum absolute atomic E-state index is 0.154. The van der Waals surface area contributed by atoms with Gasteiger partial charge >= 0.3 is 0 Å². The molecule has 0 spiro atoms. The molecular weight excluding hydrogens is 596 g/mol. The van der Waals surface area contributed by atoms with Crippen molar-refractivity contribution in [2.24, 2.45) is 59.2 Å². The predicted molar refractivity (Wildman–Crippen MR) is 197 cm³/mol. The second kappa shape index (κ2) is 19.0. The number of epoxide rings is 3. The molecule has 3 heterocycles. The summed E-state index contributed by atoms with van der Waals surface area (Å²) < 4.78 is 25.8. The zero-order valence-electron chi connectivity index (χ0n) is 32.6. The maximum Gasteiger partial charge on any atom is 0.181 e. The van der Waals surface area contributed by atoms with Crippen LogP contribution in [0.5, 0.6) is 0 Å². The number of ether oxygens (including phenoxy) is 5. The fourth-order valence-corrected chi connectivity index (χ4v) is 9.88. The lowest BCUT2D eigenvalue weighted by Crippen LogP contribution is -2.33. The Hall–Kier alpha value is -0.200. The van der Waals surface area contributed by atoms with E-state index in [1.807, 2.05) is 0 Å². The highest BCUT2D eigenvalue weighted by molar-refractivity contribution is 5.06. The molecule has 10 fully saturated rings. The molecule has 10 aliphatic rings. The number of hydrogen-bond acceptors (Lipinski definition) is 5. The molecule has 14 atom stereocenters. The molecule has 0 aromatic carbocycles. The zero-order valence-corrected chi connectivity index (χ0v) is 32.6. The quantitative estimate of drug-likeness (QED) is 0.152. The van der Waals surface area contributed by atoms with Gasteiger partial charge in [-0.05, 0) is 143 Å². The fourth-order valence-electron chi connectivity index (χ4n) is 9.88. The van der Waals surface area contributed by atoms with Crippen LogP contribution in [0.4, 0.5) is 0 Å². The van der Waals surface area contributed by atoms with Crippen LogP contribution in [-0.4, -0.2) is 57.1 Å². The number of unbranched alkanes of at least 4 members (excludes halogenated alkanes) is 1. The van der Waals surface area contributed by atoms with Gasteiger partial charge in [0, 0.05) is 13.2 Å². The van der Waals surface area contributed by atoms with Gasteiger partial charge in [-0.3, -0.25) is 0 Å². The largest absolute Gasteiger partial charge is 0.379 e. The third-order valence-electron chi connectivity index (χ3n) is 14.1. The molecule has 3 aliphatic heterocycles. The Bertz CT molecular complexity index is 886. The molecule has 0 radical (unpaired) electrons. The number of hydrogen-bond donors (Lipinski definition) is 0. The summed E-state index contributed by atoms with van der Waals surface area (Å²) in [6.07, 6.45) is 25.5. The molecular formula is C43H78O5. The lowest BCUT2D eigenvalue weighted by molar-refractivity contribution is 0.0486. The average molecular weight is 675 g/mol. The van der Waals surface area contributed by atoms with Crippen LogP contribution in [-0.2, 0) is 23.7 Å². The van der Waals surface area contributed by atoms with E-state index in [0.29, 0.717) is 17.8 Å². The molecule has 0 aromatic heterocycles. The van der Waals surface area contributed by atoms with Gasteiger partial charge in [0.2, 0.25) is 0 Å². The van der Waals surface area contributed by atoms with Crippen LogP contribution in [0.2, 0.25) is 0 Å². The van der Waals surface area contributed by atoms with E-state index in [9.17, 15) is 0 Å². The van der Waals surface area contributed by atoms with Crippen LogP contribution in [0, 0.1) is 59.2 Å². The zero-order chi connectivity index (χ0) is 34.1. The van der Waals surface area contributed by atoms with E-state index >= 15 is 0 Å². The van der Waals surface area contributed by atoms with Gasteiger partial charge in [-0.1, -0.05) is 73.6 Å². The second-order valence-electron chi connectivity index (χ2n) is 17.7. The van der Waals surface area contributed by atoms with E-state index in [0.717, 1.165) is 69.5 Å². The molecule has 5 heteroatoms. The number of fused-ring (bicyclic) bond motifs is 4.